The number of carboxylic acids is 1. The maximum Gasteiger partial charge on any atom is 0.126 e. The van der Waals surface area contributed by atoms with Gasteiger partial charge in [0.05, 0.1) is 20.1 Å². The minimum atomic E-state index is -1.08. The number of carbonyl (C=O) groups is 1. The highest BCUT2D eigenvalue weighted by molar-refractivity contribution is 5.69. The lowest BCUT2D eigenvalue weighted by atomic mass is 10.1. The quantitative estimate of drug-likeness (QED) is 0.493. The maximum absolute atomic E-state index is 10.8. The summed E-state index contributed by atoms with van der Waals surface area (Å²) < 4.78 is 0.237. The third-order valence-corrected chi connectivity index (χ3v) is 3.14. The predicted molar refractivity (Wildman–Crippen MR) is 66.1 cm³/mol. The van der Waals surface area contributed by atoms with Crippen LogP contribution in [0.4, 0.5) is 0 Å². The van der Waals surface area contributed by atoms with Crippen LogP contribution in [0.1, 0.15) is 33.1 Å². The molecule has 0 aliphatic heterocycles. The first-order valence-electron chi connectivity index (χ1n) is 6.17. The Kier molecular flexibility index (Phi) is 7.07. The van der Waals surface area contributed by atoms with E-state index in [9.17, 15) is 15.0 Å². The van der Waals surface area contributed by atoms with Crippen molar-refractivity contribution in [2.45, 2.75) is 45.3 Å². The van der Waals surface area contributed by atoms with E-state index in [2.05, 4.69) is 13.0 Å². The molecule has 0 saturated heterocycles. The number of likely N-dealkylation sites (N-methyl/N-ethyl adjacent to an activating group) is 1. The van der Waals surface area contributed by atoms with Crippen molar-refractivity contribution in [3.8, 4) is 0 Å². The van der Waals surface area contributed by atoms with E-state index in [-0.39, 0.29) is 4.48 Å². The van der Waals surface area contributed by atoms with Crippen molar-refractivity contribution in [2.75, 3.05) is 20.6 Å². The van der Waals surface area contributed by atoms with Crippen LogP contribution in [0.25, 0.3) is 0 Å². The number of carboxylic acid groups (broad SMARTS) is 1. The largest absolute Gasteiger partial charge is 0.544 e. The summed E-state index contributed by atoms with van der Waals surface area (Å²) in [5.74, 6) is -1.08. The van der Waals surface area contributed by atoms with Gasteiger partial charge in [0.15, 0.2) is 0 Å². The summed E-state index contributed by atoms with van der Waals surface area (Å²) in [5.41, 5.74) is 0. The number of hydrogen-bond donors (Lipinski definition) is 1. The maximum atomic E-state index is 10.8. The molecule has 0 heterocycles. The molecule has 0 radical (unpaired) electrons. The van der Waals surface area contributed by atoms with Crippen LogP contribution in [0.3, 0.4) is 0 Å². The number of carbonyl (C=O) groups excluding carboxylic acids is 1. The van der Waals surface area contributed by atoms with Crippen LogP contribution in [-0.4, -0.2) is 48.3 Å². The second-order valence-corrected chi connectivity index (χ2v) is 5.07. The second kappa shape index (κ2) is 7.45. The highest BCUT2D eigenvalue weighted by Gasteiger charge is 2.27. The minimum absolute atomic E-state index is 0.237. The Labute approximate surface area is 104 Å². The zero-order chi connectivity index (χ0) is 13.5. The number of aliphatic carboxylic acids is 1. The molecule has 4 nitrogen and oxygen atoms in total. The lowest BCUT2D eigenvalue weighted by Crippen LogP contribution is -2.58. The molecule has 0 aromatic carbocycles. The number of nitrogens with zero attached hydrogens (tertiary/aromatic N) is 1. The van der Waals surface area contributed by atoms with E-state index in [1.54, 1.807) is 21.0 Å². The molecule has 0 rings (SSSR count). The van der Waals surface area contributed by atoms with Gasteiger partial charge in [-0.2, -0.15) is 0 Å². The van der Waals surface area contributed by atoms with Crippen LogP contribution in [0, 0.1) is 0 Å². The fourth-order valence-electron chi connectivity index (χ4n) is 1.65. The van der Waals surface area contributed by atoms with Gasteiger partial charge in [0.2, 0.25) is 0 Å². The van der Waals surface area contributed by atoms with Crippen LogP contribution in [0.15, 0.2) is 12.2 Å². The van der Waals surface area contributed by atoms with Gasteiger partial charge in [-0.15, -0.1) is 0 Å². The molecule has 100 valence electrons. The summed E-state index contributed by atoms with van der Waals surface area (Å²) in [5, 5.41) is 20.7. The van der Waals surface area contributed by atoms with Gasteiger partial charge in [0.1, 0.15) is 18.7 Å². The first-order valence-corrected chi connectivity index (χ1v) is 6.17. The third-order valence-electron chi connectivity index (χ3n) is 3.14. The fraction of sp³-hybridized carbons (Fsp3) is 0.769. The Balaban J connectivity index is 4.13. The van der Waals surface area contributed by atoms with Crippen molar-refractivity contribution >= 4 is 5.97 Å². The zero-order valence-electron chi connectivity index (χ0n) is 11.3. The third kappa shape index (κ3) is 6.44. The zero-order valence-corrected chi connectivity index (χ0v) is 11.3. The predicted octanol–water partition coefficient (Wildman–Crippen LogP) is 0.309. The monoisotopic (exact) mass is 243 g/mol. The van der Waals surface area contributed by atoms with Gasteiger partial charge in [-0.05, 0) is 26.2 Å². The van der Waals surface area contributed by atoms with Crippen molar-refractivity contribution in [3.05, 3.63) is 12.2 Å². The number of quaternary nitrogens is 1. The molecule has 4 heteroatoms. The molecule has 0 aromatic heterocycles. The van der Waals surface area contributed by atoms with Gasteiger partial charge in [-0.1, -0.05) is 19.1 Å². The molecule has 0 spiro atoms. The van der Waals surface area contributed by atoms with E-state index in [1.807, 2.05) is 6.08 Å². The van der Waals surface area contributed by atoms with Crippen molar-refractivity contribution in [1.29, 1.82) is 0 Å². The van der Waals surface area contributed by atoms with Gasteiger partial charge in [-0.25, -0.2) is 0 Å². The van der Waals surface area contributed by atoms with E-state index >= 15 is 0 Å². The number of aliphatic hydroxyl groups excluding tert-OH is 1. The molecule has 0 fully saturated rings. The van der Waals surface area contributed by atoms with Gasteiger partial charge in [0, 0.05) is 0 Å². The smallest absolute Gasteiger partial charge is 0.126 e. The highest BCUT2D eigenvalue weighted by atomic mass is 16.4. The van der Waals surface area contributed by atoms with Crippen LogP contribution in [0.5, 0.6) is 0 Å². The Morgan fingerprint density at radius 3 is 2.47 bits per heavy atom. The van der Waals surface area contributed by atoms with E-state index in [4.69, 9.17) is 0 Å². The van der Waals surface area contributed by atoms with Crippen LogP contribution < -0.4 is 5.11 Å². The Morgan fingerprint density at radius 2 is 2.00 bits per heavy atom. The van der Waals surface area contributed by atoms with Crippen molar-refractivity contribution in [2.24, 2.45) is 0 Å². The van der Waals surface area contributed by atoms with E-state index < -0.39 is 18.1 Å². The number of allylic oxidation sites excluding steroid dienone is 2. The van der Waals surface area contributed by atoms with E-state index in [1.165, 1.54) is 0 Å². The molecule has 0 amide bonds. The molecule has 0 aliphatic carbocycles. The van der Waals surface area contributed by atoms with Crippen LogP contribution in [0.2, 0.25) is 0 Å². The van der Waals surface area contributed by atoms with Crippen molar-refractivity contribution in [1.82, 2.24) is 0 Å². The van der Waals surface area contributed by atoms with Crippen LogP contribution >= 0.6 is 0 Å². The highest BCUT2D eigenvalue weighted by Crippen LogP contribution is 2.10. The standard InChI is InChI=1S/C13H25NO3/c1-5-6-7-8-9-12(15)10-14(3,4)11(2)13(16)17/h6-7,11-12,15H,5,8-10H2,1-4H3/b7-6+. The van der Waals surface area contributed by atoms with Gasteiger partial charge in [-0.3, -0.25) is 0 Å². The van der Waals surface area contributed by atoms with Gasteiger partial charge < -0.3 is 19.5 Å². The van der Waals surface area contributed by atoms with Gasteiger partial charge >= 0.3 is 0 Å². The second-order valence-electron chi connectivity index (χ2n) is 5.07. The fourth-order valence-corrected chi connectivity index (χ4v) is 1.65. The molecule has 2 unspecified atom stereocenters. The lowest BCUT2D eigenvalue weighted by Gasteiger charge is -2.37. The summed E-state index contributed by atoms with van der Waals surface area (Å²) in [6.45, 7) is 4.10. The summed E-state index contributed by atoms with van der Waals surface area (Å²) in [6, 6.07) is -0.615. The molecule has 0 bridgehead atoms. The van der Waals surface area contributed by atoms with Crippen molar-refractivity contribution < 1.29 is 19.5 Å². The van der Waals surface area contributed by atoms with E-state index in [0.29, 0.717) is 13.0 Å². The Bertz CT molecular complexity index is 261. The molecular weight excluding hydrogens is 218 g/mol. The molecule has 1 N–H and O–H groups in total. The average Bonchev–Trinajstić information content (AvgIpc) is 2.22. The number of rotatable bonds is 8. The molecule has 2 atom stereocenters. The van der Waals surface area contributed by atoms with Gasteiger partial charge in [0.25, 0.3) is 0 Å². The Morgan fingerprint density at radius 1 is 1.41 bits per heavy atom. The average molecular weight is 243 g/mol. The topological polar surface area (TPSA) is 60.4 Å². The molecule has 0 aromatic rings. The lowest BCUT2D eigenvalue weighted by molar-refractivity contribution is -0.909. The van der Waals surface area contributed by atoms with Crippen molar-refractivity contribution in [3.63, 3.8) is 0 Å². The van der Waals surface area contributed by atoms with E-state index in [0.717, 1.165) is 12.8 Å². The summed E-state index contributed by atoms with van der Waals surface area (Å²) in [6.07, 6.45) is 6.13. The van der Waals surface area contributed by atoms with Crippen LogP contribution in [-0.2, 0) is 4.79 Å². The summed E-state index contributed by atoms with van der Waals surface area (Å²) in [4.78, 5) is 10.8. The first-order chi connectivity index (χ1) is 7.81. The summed E-state index contributed by atoms with van der Waals surface area (Å²) in [7, 11) is 3.59. The first kappa shape index (κ1) is 16.1. The molecule has 17 heavy (non-hydrogen) atoms. The minimum Gasteiger partial charge on any atom is -0.544 e. The molecular formula is C13H25NO3. The number of aliphatic hydroxyl groups is 1. The normalized spacial score (nSPS) is 16.1. The molecule has 0 saturated carbocycles. The SMILES string of the molecule is CC/C=C/CCC(O)C[N+](C)(C)C(C)C(=O)[O-]. The molecule has 0 aliphatic rings. The number of hydrogen-bond acceptors (Lipinski definition) is 3. The Hall–Kier alpha value is -0.870. The summed E-state index contributed by atoms with van der Waals surface area (Å²) >= 11 is 0.